The van der Waals surface area contributed by atoms with Crippen molar-refractivity contribution < 1.29 is 4.79 Å². The molecule has 0 saturated heterocycles. The van der Waals surface area contributed by atoms with E-state index in [0.717, 1.165) is 18.4 Å². The first-order valence-corrected chi connectivity index (χ1v) is 6.32. The number of nitrogens with one attached hydrogen (secondary N) is 2. The van der Waals surface area contributed by atoms with Crippen LogP contribution in [0, 0.1) is 0 Å². The fourth-order valence-electron chi connectivity index (χ4n) is 2.54. The Balaban J connectivity index is 1.82. The molecule has 0 radical (unpaired) electrons. The van der Waals surface area contributed by atoms with Crippen LogP contribution in [0.15, 0.2) is 47.4 Å². The maximum atomic E-state index is 12.1. The summed E-state index contributed by atoms with van der Waals surface area (Å²) in [5, 5.41) is 2.93. The van der Waals surface area contributed by atoms with E-state index in [1.165, 1.54) is 17.8 Å². The van der Waals surface area contributed by atoms with Gasteiger partial charge in [-0.25, -0.2) is 0 Å². The molecule has 1 heterocycles. The zero-order valence-corrected chi connectivity index (χ0v) is 10.3. The van der Waals surface area contributed by atoms with Gasteiger partial charge in [0.15, 0.2) is 0 Å². The Labute approximate surface area is 110 Å². The molecule has 1 aromatic heterocycles. The molecule has 0 unspecified atom stereocenters. The summed E-state index contributed by atoms with van der Waals surface area (Å²) in [4.78, 5) is 26.2. The lowest BCUT2D eigenvalue weighted by molar-refractivity contribution is 0.0935. The van der Waals surface area contributed by atoms with Crippen molar-refractivity contribution in [3.8, 4) is 0 Å². The Bertz CT molecular complexity index is 676. The summed E-state index contributed by atoms with van der Waals surface area (Å²) < 4.78 is 0. The highest BCUT2D eigenvalue weighted by Gasteiger charge is 2.24. The molecule has 3 rings (SSSR count). The van der Waals surface area contributed by atoms with Gasteiger partial charge >= 0.3 is 0 Å². The standard InChI is InChI=1S/C15H14N2O2/c18-14-12(6-3-9-16-14)15(19)17-13-8-7-10-4-1-2-5-11(10)13/h1-6,9,13H,7-8H2,(H,16,18)(H,17,19)/t13-/m1/s1. The first-order valence-electron chi connectivity index (χ1n) is 6.32. The molecule has 1 amide bonds. The number of hydrogen-bond acceptors (Lipinski definition) is 2. The predicted molar refractivity (Wildman–Crippen MR) is 72.0 cm³/mol. The van der Waals surface area contributed by atoms with Crippen molar-refractivity contribution in [2.75, 3.05) is 0 Å². The molecule has 0 saturated carbocycles. The van der Waals surface area contributed by atoms with Crippen LogP contribution < -0.4 is 10.9 Å². The fraction of sp³-hybridized carbons (Fsp3) is 0.200. The smallest absolute Gasteiger partial charge is 0.260 e. The van der Waals surface area contributed by atoms with Crippen LogP contribution in [0.2, 0.25) is 0 Å². The average Bonchev–Trinajstić information content (AvgIpc) is 2.83. The van der Waals surface area contributed by atoms with E-state index in [9.17, 15) is 9.59 Å². The highest BCUT2D eigenvalue weighted by molar-refractivity contribution is 5.94. The van der Waals surface area contributed by atoms with Gasteiger partial charge in [0.05, 0.1) is 6.04 Å². The molecule has 1 aromatic carbocycles. The zero-order valence-electron chi connectivity index (χ0n) is 10.3. The van der Waals surface area contributed by atoms with Gasteiger partial charge < -0.3 is 10.3 Å². The first-order chi connectivity index (χ1) is 9.25. The highest BCUT2D eigenvalue weighted by Crippen LogP contribution is 2.30. The van der Waals surface area contributed by atoms with E-state index >= 15 is 0 Å². The molecule has 4 heteroatoms. The van der Waals surface area contributed by atoms with E-state index in [2.05, 4.69) is 16.4 Å². The molecule has 0 fully saturated rings. The number of amides is 1. The molecule has 2 N–H and O–H groups in total. The van der Waals surface area contributed by atoms with Crippen molar-refractivity contribution in [2.24, 2.45) is 0 Å². The van der Waals surface area contributed by atoms with Crippen molar-refractivity contribution in [1.82, 2.24) is 10.3 Å². The molecule has 0 aliphatic heterocycles. The van der Waals surface area contributed by atoms with Gasteiger partial charge in [-0.3, -0.25) is 9.59 Å². The van der Waals surface area contributed by atoms with Crippen LogP contribution in [0.5, 0.6) is 0 Å². The second-order valence-corrected chi connectivity index (χ2v) is 4.68. The zero-order chi connectivity index (χ0) is 13.2. The minimum Gasteiger partial charge on any atom is -0.345 e. The number of H-pyrrole nitrogens is 1. The molecule has 96 valence electrons. The number of aromatic amines is 1. The van der Waals surface area contributed by atoms with Gasteiger partial charge in [-0.15, -0.1) is 0 Å². The van der Waals surface area contributed by atoms with Crippen molar-refractivity contribution in [1.29, 1.82) is 0 Å². The Morgan fingerprint density at radius 3 is 2.89 bits per heavy atom. The molecular weight excluding hydrogens is 240 g/mol. The van der Waals surface area contributed by atoms with Gasteiger partial charge in [-0.1, -0.05) is 24.3 Å². The number of carbonyl (C=O) groups excluding carboxylic acids is 1. The molecule has 0 bridgehead atoms. The summed E-state index contributed by atoms with van der Waals surface area (Å²) in [5.74, 6) is -0.316. The van der Waals surface area contributed by atoms with E-state index in [-0.39, 0.29) is 23.1 Å². The van der Waals surface area contributed by atoms with Crippen LogP contribution >= 0.6 is 0 Å². The van der Waals surface area contributed by atoms with E-state index in [0.29, 0.717) is 0 Å². The van der Waals surface area contributed by atoms with E-state index in [1.54, 1.807) is 6.07 Å². The Morgan fingerprint density at radius 1 is 1.21 bits per heavy atom. The van der Waals surface area contributed by atoms with Gasteiger partial charge in [0.2, 0.25) is 0 Å². The molecule has 1 aliphatic rings. The molecular formula is C15H14N2O2. The van der Waals surface area contributed by atoms with Gasteiger partial charge in [0, 0.05) is 6.20 Å². The van der Waals surface area contributed by atoms with E-state index in [4.69, 9.17) is 0 Å². The molecule has 0 spiro atoms. The van der Waals surface area contributed by atoms with Gasteiger partial charge in [0.1, 0.15) is 5.56 Å². The minimum absolute atomic E-state index is 0.00306. The van der Waals surface area contributed by atoms with Crippen molar-refractivity contribution >= 4 is 5.91 Å². The van der Waals surface area contributed by atoms with Crippen molar-refractivity contribution in [2.45, 2.75) is 18.9 Å². The number of hydrogen-bond donors (Lipinski definition) is 2. The summed E-state index contributed by atoms with van der Waals surface area (Å²) in [6.07, 6.45) is 3.37. The summed E-state index contributed by atoms with van der Waals surface area (Å²) in [7, 11) is 0. The minimum atomic E-state index is -0.355. The van der Waals surface area contributed by atoms with Crippen LogP contribution in [0.4, 0.5) is 0 Å². The number of aryl methyl sites for hydroxylation is 1. The third-order valence-electron chi connectivity index (χ3n) is 3.50. The predicted octanol–water partition coefficient (Wildman–Crippen LogP) is 1.79. The first kappa shape index (κ1) is 11.7. The van der Waals surface area contributed by atoms with Crippen molar-refractivity contribution in [3.63, 3.8) is 0 Å². The fourth-order valence-corrected chi connectivity index (χ4v) is 2.54. The van der Waals surface area contributed by atoms with E-state index in [1.807, 2.05) is 18.2 Å². The molecule has 1 atom stereocenters. The summed E-state index contributed by atoms with van der Waals surface area (Å²) >= 11 is 0. The van der Waals surface area contributed by atoms with Crippen molar-refractivity contribution in [3.05, 3.63) is 69.6 Å². The van der Waals surface area contributed by atoms with Crippen LogP contribution in [0.25, 0.3) is 0 Å². The number of carbonyl (C=O) groups is 1. The third kappa shape index (κ3) is 2.17. The van der Waals surface area contributed by atoms with Crippen LogP contribution in [0.1, 0.15) is 33.9 Å². The summed E-state index contributed by atoms with van der Waals surface area (Å²) in [5.41, 5.74) is 2.23. The molecule has 2 aromatic rings. The van der Waals surface area contributed by atoms with Gasteiger partial charge in [-0.2, -0.15) is 0 Å². The largest absolute Gasteiger partial charge is 0.345 e. The second kappa shape index (κ2) is 4.72. The molecule has 1 aliphatic carbocycles. The van der Waals surface area contributed by atoms with E-state index < -0.39 is 0 Å². The van der Waals surface area contributed by atoms with Gasteiger partial charge in [0.25, 0.3) is 11.5 Å². The number of aromatic nitrogens is 1. The number of rotatable bonds is 2. The summed E-state index contributed by atoms with van der Waals surface area (Å²) in [6.45, 7) is 0. The van der Waals surface area contributed by atoms with Crippen LogP contribution in [0.3, 0.4) is 0 Å². The Hall–Kier alpha value is -2.36. The topological polar surface area (TPSA) is 62.0 Å². The highest BCUT2D eigenvalue weighted by atomic mass is 16.2. The lowest BCUT2D eigenvalue weighted by atomic mass is 10.1. The normalized spacial score (nSPS) is 16.9. The SMILES string of the molecule is O=C(N[C@@H]1CCc2ccccc21)c1ccc[nH]c1=O. The average molecular weight is 254 g/mol. The lowest BCUT2D eigenvalue weighted by Crippen LogP contribution is -2.31. The molecule has 19 heavy (non-hydrogen) atoms. The maximum Gasteiger partial charge on any atom is 0.260 e. The Morgan fingerprint density at radius 2 is 2.05 bits per heavy atom. The third-order valence-corrected chi connectivity index (χ3v) is 3.50. The second-order valence-electron chi connectivity index (χ2n) is 4.68. The summed E-state index contributed by atoms with van der Waals surface area (Å²) in [6, 6.07) is 11.3. The lowest BCUT2D eigenvalue weighted by Gasteiger charge is -2.13. The Kier molecular flexibility index (Phi) is 2.91. The quantitative estimate of drug-likeness (QED) is 0.858. The van der Waals surface area contributed by atoms with Gasteiger partial charge in [-0.05, 0) is 36.1 Å². The molecule has 4 nitrogen and oxygen atoms in total. The number of benzene rings is 1. The van der Waals surface area contributed by atoms with Crippen LogP contribution in [-0.4, -0.2) is 10.9 Å². The maximum absolute atomic E-state index is 12.1. The number of pyridine rings is 1. The monoisotopic (exact) mass is 254 g/mol. The number of fused-ring (bicyclic) bond motifs is 1. The van der Waals surface area contributed by atoms with Crippen LogP contribution in [-0.2, 0) is 6.42 Å².